The van der Waals surface area contributed by atoms with Gasteiger partial charge in [-0.05, 0) is 31.1 Å². The molecular formula is C26H28N4O3. The Hall–Kier alpha value is -3.74. The van der Waals surface area contributed by atoms with Crippen molar-refractivity contribution in [2.75, 3.05) is 14.2 Å². The number of allylic oxidation sites excluding steroid dienone is 3. The third kappa shape index (κ3) is 3.44. The van der Waals surface area contributed by atoms with Gasteiger partial charge in [0.2, 0.25) is 0 Å². The van der Waals surface area contributed by atoms with Crippen LogP contribution in [0.5, 0.6) is 0 Å². The van der Waals surface area contributed by atoms with E-state index in [2.05, 4.69) is 23.6 Å². The van der Waals surface area contributed by atoms with Gasteiger partial charge in [0, 0.05) is 18.2 Å². The van der Waals surface area contributed by atoms with E-state index in [1.165, 1.54) is 0 Å². The van der Waals surface area contributed by atoms with Gasteiger partial charge in [-0.1, -0.05) is 42.5 Å². The summed E-state index contributed by atoms with van der Waals surface area (Å²) in [6, 6.07) is 8.78. The molecular weight excluding hydrogens is 416 g/mol. The number of hydrogen-bond donors (Lipinski definition) is 3. The number of nitrogens with zero attached hydrogens (tertiary/aromatic N) is 1. The molecule has 7 nitrogen and oxygen atoms in total. The largest absolute Gasteiger partial charge is 0.501 e. The summed E-state index contributed by atoms with van der Waals surface area (Å²) in [5.74, 6) is 2.09. The maximum atomic E-state index is 13.9. The first-order valence-electron chi connectivity index (χ1n) is 11.1. The summed E-state index contributed by atoms with van der Waals surface area (Å²) < 4.78 is 11.0. The van der Waals surface area contributed by atoms with Crippen molar-refractivity contribution in [2.24, 2.45) is 0 Å². The zero-order chi connectivity index (χ0) is 23.2. The van der Waals surface area contributed by atoms with Gasteiger partial charge in [-0.15, -0.1) is 0 Å². The Kier molecular flexibility index (Phi) is 5.12. The molecule has 2 saturated heterocycles. The molecule has 0 radical (unpaired) electrons. The molecule has 1 aromatic carbocycles. The fraction of sp³-hybridized carbons (Fsp3) is 0.308. The van der Waals surface area contributed by atoms with Crippen molar-refractivity contribution >= 4 is 11.6 Å². The molecule has 3 atom stereocenters. The van der Waals surface area contributed by atoms with Gasteiger partial charge < -0.3 is 25.0 Å². The van der Waals surface area contributed by atoms with E-state index in [0.29, 0.717) is 23.6 Å². The van der Waals surface area contributed by atoms with Crippen molar-refractivity contribution in [3.8, 4) is 0 Å². The van der Waals surface area contributed by atoms with Crippen LogP contribution in [-0.2, 0) is 14.3 Å². The smallest absolute Gasteiger partial charge is 0.197 e. The van der Waals surface area contributed by atoms with E-state index >= 15 is 0 Å². The van der Waals surface area contributed by atoms with E-state index in [1.807, 2.05) is 59.5 Å². The number of rotatable bonds is 4. The SMILES string of the molecule is COC1=CC(N2C(=N)C(=C3NC4=CC=CCC4(C)N3)C(=O)[C@@H]2c2ccccc2)CC(OC)=C1. The molecule has 0 amide bonds. The zero-order valence-electron chi connectivity index (χ0n) is 19.0. The molecule has 2 aliphatic carbocycles. The van der Waals surface area contributed by atoms with E-state index in [4.69, 9.17) is 14.9 Å². The number of ketones is 1. The Morgan fingerprint density at radius 2 is 1.97 bits per heavy atom. The summed E-state index contributed by atoms with van der Waals surface area (Å²) in [6.45, 7) is 2.10. The fourth-order valence-corrected chi connectivity index (χ4v) is 4.98. The molecule has 3 N–H and O–H groups in total. The van der Waals surface area contributed by atoms with Crippen LogP contribution in [0.25, 0.3) is 0 Å². The van der Waals surface area contributed by atoms with Crippen molar-refractivity contribution < 1.29 is 14.3 Å². The second kappa shape index (κ2) is 7.99. The summed E-state index contributed by atoms with van der Waals surface area (Å²) in [6.07, 6.45) is 11.3. The lowest BCUT2D eigenvalue weighted by molar-refractivity contribution is -0.118. The molecule has 2 heterocycles. The third-order valence-electron chi connectivity index (χ3n) is 6.74. The van der Waals surface area contributed by atoms with Gasteiger partial charge in [0.1, 0.15) is 34.8 Å². The summed E-state index contributed by atoms with van der Waals surface area (Å²) in [5, 5.41) is 16.0. The number of methoxy groups -OCH3 is 2. The van der Waals surface area contributed by atoms with E-state index in [9.17, 15) is 4.79 Å². The molecule has 5 rings (SSSR count). The standard InChI is InChI=1S/C26H28N4O3/c1-26-12-8-7-11-20(26)28-25(29-26)21-23(31)22(16-9-5-4-6-10-16)30(24(21)27)17-13-18(32-2)15-19(14-17)33-3/h4-11,13,15,17,22,27-29H,12,14H2,1-3H3/t17?,22-,26?/m0/s1. The van der Waals surface area contributed by atoms with E-state index in [1.54, 1.807) is 14.2 Å². The van der Waals surface area contributed by atoms with Gasteiger partial charge in [0.25, 0.3) is 0 Å². The van der Waals surface area contributed by atoms with Crippen molar-refractivity contribution in [3.05, 3.63) is 94.9 Å². The average molecular weight is 445 g/mol. The highest BCUT2D eigenvalue weighted by Gasteiger charge is 2.49. The Bertz CT molecular complexity index is 1160. The first-order chi connectivity index (χ1) is 15.9. The number of amidine groups is 1. The van der Waals surface area contributed by atoms with Crippen LogP contribution in [0.3, 0.4) is 0 Å². The molecule has 0 saturated carbocycles. The Balaban J connectivity index is 1.60. The predicted octanol–water partition coefficient (Wildman–Crippen LogP) is 3.43. The molecule has 1 aromatic rings. The van der Waals surface area contributed by atoms with Crippen molar-refractivity contribution in [1.29, 1.82) is 5.41 Å². The lowest BCUT2D eigenvalue weighted by atomic mass is 9.91. The maximum Gasteiger partial charge on any atom is 0.197 e. The highest BCUT2D eigenvalue weighted by Crippen LogP contribution is 2.41. The Morgan fingerprint density at radius 3 is 2.67 bits per heavy atom. The van der Waals surface area contributed by atoms with Crippen LogP contribution in [-0.4, -0.2) is 42.3 Å². The second-order valence-corrected chi connectivity index (χ2v) is 8.84. The van der Waals surface area contributed by atoms with Crippen LogP contribution in [0, 0.1) is 5.41 Å². The van der Waals surface area contributed by atoms with Crippen LogP contribution in [0.15, 0.2) is 89.3 Å². The van der Waals surface area contributed by atoms with Crippen LogP contribution in [0.1, 0.15) is 31.4 Å². The molecule has 2 unspecified atom stereocenters. The molecule has 2 aliphatic heterocycles. The lowest BCUT2D eigenvalue weighted by Crippen LogP contribution is -2.39. The Morgan fingerprint density at radius 1 is 1.18 bits per heavy atom. The molecule has 33 heavy (non-hydrogen) atoms. The normalized spacial score (nSPS) is 30.8. The van der Waals surface area contributed by atoms with Gasteiger partial charge in [0.15, 0.2) is 5.78 Å². The maximum absolute atomic E-state index is 13.9. The summed E-state index contributed by atoms with van der Waals surface area (Å²) >= 11 is 0. The topological polar surface area (TPSA) is 86.7 Å². The molecule has 0 spiro atoms. The van der Waals surface area contributed by atoms with E-state index in [-0.39, 0.29) is 23.2 Å². The minimum absolute atomic E-state index is 0.0992. The van der Waals surface area contributed by atoms with Gasteiger partial charge in [-0.25, -0.2) is 0 Å². The van der Waals surface area contributed by atoms with Gasteiger partial charge in [0.05, 0.1) is 25.8 Å². The minimum atomic E-state index is -0.608. The fourth-order valence-electron chi connectivity index (χ4n) is 4.98. The molecule has 170 valence electrons. The number of benzene rings is 1. The molecule has 0 aromatic heterocycles. The summed E-state index contributed by atoms with van der Waals surface area (Å²) in [4.78, 5) is 15.8. The summed E-state index contributed by atoms with van der Waals surface area (Å²) in [5.41, 5.74) is 1.92. The van der Waals surface area contributed by atoms with Gasteiger partial charge >= 0.3 is 0 Å². The number of carbonyl (C=O) groups excluding carboxylic acids is 1. The molecule has 4 aliphatic rings. The first-order valence-corrected chi connectivity index (χ1v) is 11.1. The monoisotopic (exact) mass is 444 g/mol. The van der Waals surface area contributed by atoms with Crippen LogP contribution in [0.2, 0.25) is 0 Å². The Labute approximate surface area is 193 Å². The molecule has 2 fully saturated rings. The zero-order valence-corrected chi connectivity index (χ0v) is 19.0. The van der Waals surface area contributed by atoms with Gasteiger partial charge in [-0.2, -0.15) is 0 Å². The highest BCUT2D eigenvalue weighted by atomic mass is 16.5. The first kappa shape index (κ1) is 21.1. The number of carbonyl (C=O) groups is 1. The number of likely N-dealkylation sites (tertiary alicyclic amines) is 1. The number of hydrogen-bond acceptors (Lipinski definition) is 6. The highest BCUT2D eigenvalue weighted by molar-refractivity contribution is 6.28. The number of Topliss-reactive ketones (excluding diaryl/α,β-unsaturated/α-hetero) is 1. The van der Waals surface area contributed by atoms with Crippen LogP contribution < -0.4 is 10.6 Å². The van der Waals surface area contributed by atoms with Crippen LogP contribution in [0.4, 0.5) is 0 Å². The number of fused-ring (bicyclic) bond motifs is 1. The van der Waals surface area contributed by atoms with Crippen molar-refractivity contribution in [3.63, 3.8) is 0 Å². The van der Waals surface area contributed by atoms with Crippen molar-refractivity contribution in [2.45, 2.75) is 37.4 Å². The molecule has 0 bridgehead atoms. The van der Waals surface area contributed by atoms with Gasteiger partial charge in [-0.3, -0.25) is 10.2 Å². The minimum Gasteiger partial charge on any atom is -0.501 e. The second-order valence-electron chi connectivity index (χ2n) is 8.84. The predicted molar refractivity (Wildman–Crippen MR) is 126 cm³/mol. The quantitative estimate of drug-likeness (QED) is 0.617. The van der Waals surface area contributed by atoms with E-state index in [0.717, 1.165) is 23.4 Å². The van der Waals surface area contributed by atoms with E-state index < -0.39 is 6.04 Å². The van der Waals surface area contributed by atoms with Crippen LogP contribution >= 0.6 is 0 Å². The average Bonchev–Trinajstić information content (AvgIpc) is 3.31. The molecule has 7 heteroatoms. The van der Waals surface area contributed by atoms with Crippen molar-refractivity contribution in [1.82, 2.24) is 15.5 Å². The lowest BCUT2D eigenvalue weighted by Gasteiger charge is -2.34. The number of ether oxygens (including phenoxy) is 2. The third-order valence-corrected chi connectivity index (χ3v) is 6.74. The number of nitrogens with one attached hydrogen (secondary N) is 3. The summed E-state index contributed by atoms with van der Waals surface area (Å²) in [7, 11) is 3.23.